The van der Waals surface area contributed by atoms with E-state index in [9.17, 15) is 8.42 Å². The lowest BCUT2D eigenvalue weighted by Crippen LogP contribution is -2.53. The normalized spacial score (nSPS) is 30.2. The van der Waals surface area contributed by atoms with Crippen molar-refractivity contribution >= 4 is 10.0 Å². The van der Waals surface area contributed by atoms with Crippen molar-refractivity contribution in [1.82, 2.24) is 9.62 Å². The second-order valence-electron chi connectivity index (χ2n) is 5.68. The molecule has 1 aliphatic carbocycles. The van der Waals surface area contributed by atoms with E-state index in [1.165, 1.54) is 0 Å². The van der Waals surface area contributed by atoms with Crippen molar-refractivity contribution in [3.63, 3.8) is 0 Å². The molecule has 0 aromatic rings. The maximum Gasteiger partial charge on any atom is 0.214 e. The first-order valence-electron chi connectivity index (χ1n) is 7.31. The summed E-state index contributed by atoms with van der Waals surface area (Å²) < 4.78 is 30.8. The van der Waals surface area contributed by atoms with Crippen LogP contribution in [0.3, 0.4) is 0 Å². The SMILES string of the molecule is CCCS(=O)(=O)N1CCC(NC2CC(OC)C2)CC1. The Kier molecular flexibility index (Phi) is 5.22. The molecule has 0 aromatic heterocycles. The number of hydrogen-bond acceptors (Lipinski definition) is 4. The van der Waals surface area contributed by atoms with Gasteiger partial charge in [0.1, 0.15) is 0 Å². The smallest absolute Gasteiger partial charge is 0.214 e. The van der Waals surface area contributed by atoms with Crippen LogP contribution in [0, 0.1) is 0 Å². The van der Waals surface area contributed by atoms with Crippen LogP contribution in [0.2, 0.25) is 0 Å². The first-order valence-corrected chi connectivity index (χ1v) is 8.92. The zero-order chi connectivity index (χ0) is 13.9. The summed E-state index contributed by atoms with van der Waals surface area (Å²) in [6.07, 6.45) is 5.15. The van der Waals surface area contributed by atoms with Gasteiger partial charge >= 0.3 is 0 Å². The molecule has 1 aliphatic heterocycles. The molecule has 0 amide bonds. The van der Waals surface area contributed by atoms with Crippen LogP contribution in [-0.2, 0) is 14.8 Å². The first-order chi connectivity index (χ1) is 9.05. The molecule has 1 heterocycles. The fraction of sp³-hybridized carbons (Fsp3) is 1.00. The van der Waals surface area contributed by atoms with Crippen molar-refractivity contribution < 1.29 is 13.2 Å². The Labute approximate surface area is 116 Å². The highest BCUT2D eigenvalue weighted by atomic mass is 32.2. The van der Waals surface area contributed by atoms with E-state index >= 15 is 0 Å². The van der Waals surface area contributed by atoms with Gasteiger partial charge in [0.05, 0.1) is 11.9 Å². The third-order valence-electron chi connectivity index (χ3n) is 4.21. The lowest BCUT2D eigenvalue weighted by molar-refractivity contribution is 0.0124. The summed E-state index contributed by atoms with van der Waals surface area (Å²) in [5.74, 6) is 0.281. The predicted octanol–water partition coefficient (Wildman–Crippen LogP) is 0.958. The van der Waals surface area contributed by atoms with Gasteiger partial charge < -0.3 is 10.1 Å². The van der Waals surface area contributed by atoms with Gasteiger partial charge in [0.2, 0.25) is 10.0 Å². The van der Waals surface area contributed by atoms with Crippen molar-refractivity contribution in [1.29, 1.82) is 0 Å². The Morgan fingerprint density at radius 3 is 2.37 bits per heavy atom. The van der Waals surface area contributed by atoms with Crippen LogP contribution in [0.15, 0.2) is 0 Å². The zero-order valence-corrected chi connectivity index (χ0v) is 12.8. The van der Waals surface area contributed by atoms with Gasteiger partial charge in [0, 0.05) is 32.3 Å². The Balaban J connectivity index is 1.71. The fourth-order valence-corrected chi connectivity index (χ4v) is 4.46. The number of ether oxygens (including phenoxy) is 1. The molecule has 5 nitrogen and oxygen atoms in total. The van der Waals surface area contributed by atoms with Crippen LogP contribution in [0.5, 0.6) is 0 Å². The average Bonchev–Trinajstić information content (AvgIpc) is 2.34. The molecule has 2 aliphatic rings. The van der Waals surface area contributed by atoms with Crippen molar-refractivity contribution in [2.24, 2.45) is 0 Å². The summed E-state index contributed by atoms with van der Waals surface area (Å²) in [6, 6.07) is 1.03. The summed E-state index contributed by atoms with van der Waals surface area (Å²) in [4.78, 5) is 0. The van der Waals surface area contributed by atoms with Crippen LogP contribution in [0.4, 0.5) is 0 Å². The molecule has 1 saturated carbocycles. The fourth-order valence-electron chi connectivity index (χ4n) is 2.92. The molecule has 6 heteroatoms. The first kappa shape index (κ1) is 15.2. The van der Waals surface area contributed by atoms with E-state index in [2.05, 4.69) is 5.32 Å². The van der Waals surface area contributed by atoms with Gasteiger partial charge in [0.25, 0.3) is 0 Å². The molecule has 1 saturated heterocycles. The number of rotatable bonds is 6. The van der Waals surface area contributed by atoms with Gasteiger partial charge in [-0.1, -0.05) is 6.92 Å². The van der Waals surface area contributed by atoms with Gasteiger partial charge in [-0.05, 0) is 32.1 Å². The molecule has 0 bridgehead atoms. The topological polar surface area (TPSA) is 58.6 Å². The highest BCUT2D eigenvalue weighted by molar-refractivity contribution is 7.89. The monoisotopic (exact) mass is 290 g/mol. The van der Waals surface area contributed by atoms with Crippen LogP contribution >= 0.6 is 0 Å². The van der Waals surface area contributed by atoms with Crippen LogP contribution in [0.1, 0.15) is 39.0 Å². The Bertz CT molecular complexity index is 371. The lowest BCUT2D eigenvalue weighted by atomic mass is 9.88. The second-order valence-corrected chi connectivity index (χ2v) is 7.77. The predicted molar refractivity (Wildman–Crippen MR) is 75.6 cm³/mol. The number of hydrogen-bond donors (Lipinski definition) is 1. The van der Waals surface area contributed by atoms with Crippen molar-refractivity contribution in [3.8, 4) is 0 Å². The van der Waals surface area contributed by atoms with E-state index in [-0.39, 0.29) is 5.75 Å². The molecule has 19 heavy (non-hydrogen) atoms. The minimum absolute atomic E-state index is 0.281. The molecule has 0 aromatic carbocycles. The van der Waals surface area contributed by atoms with E-state index in [4.69, 9.17) is 4.74 Å². The third kappa shape index (κ3) is 3.90. The van der Waals surface area contributed by atoms with Gasteiger partial charge in [-0.15, -0.1) is 0 Å². The molecule has 0 unspecified atom stereocenters. The minimum atomic E-state index is -3.00. The number of methoxy groups -OCH3 is 1. The van der Waals surface area contributed by atoms with Crippen LogP contribution in [-0.4, -0.2) is 56.9 Å². The number of nitrogens with one attached hydrogen (secondary N) is 1. The van der Waals surface area contributed by atoms with Gasteiger partial charge in [-0.3, -0.25) is 0 Å². The maximum atomic E-state index is 12.0. The molecule has 2 rings (SSSR count). The number of nitrogens with zero attached hydrogens (tertiary/aromatic N) is 1. The molecule has 0 radical (unpaired) electrons. The zero-order valence-electron chi connectivity index (χ0n) is 12.0. The van der Waals surface area contributed by atoms with Gasteiger partial charge in [-0.2, -0.15) is 0 Å². The molecule has 0 atom stereocenters. The standard InChI is InChI=1S/C13H26N2O3S/c1-3-8-19(16,17)15-6-4-11(5-7-15)14-12-9-13(10-12)18-2/h11-14H,3-10H2,1-2H3. The van der Waals surface area contributed by atoms with Crippen LogP contribution in [0.25, 0.3) is 0 Å². The largest absolute Gasteiger partial charge is 0.381 e. The van der Waals surface area contributed by atoms with E-state index in [1.807, 2.05) is 6.92 Å². The number of sulfonamides is 1. The van der Waals surface area contributed by atoms with E-state index < -0.39 is 10.0 Å². The highest BCUT2D eigenvalue weighted by Gasteiger charge is 2.33. The third-order valence-corrected chi connectivity index (χ3v) is 6.29. The van der Waals surface area contributed by atoms with Gasteiger partial charge in [0.15, 0.2) is 0 Å². The highest BCUT2D eigenvalue weighted by Crippen LogP contribution is 2.25. The van der Waals surface area contributed by atoms with E-state index in [0.29, 0.717) is 37.7 Å². The van der Waals surface area contributed by atoms with Gasteiger partial charge in [-0.25, -0.2) is 12.7 Å². The molecule has 1 N–H and O–H groups in total. The van der Waals surface area contributed by atoms with Crippen LogP contribution < -0.4 is 5.32 Å². The summed E-state index contributed by atoms with van der Waals surface area (Å²) in [5, 5.41) is 3.62. The average molecular weight is 290 g/mol. The summed E-state index contributed by atoms with van der Waals surface area (Å²) in [6.45, 7) is 3.25. The van der Waals surface area contributed by atoms with E-state index in [0.717, 1.165) is 25.7 Å². The summed E-state index contributed by atoms with van der Waals surface area (Å²) in [5.41, 5.74) is 0. The molecule has 112 valence electrons. The van der Waals surface area contributed by atoms with Crippen molar-refractivity contribution in [2.45, 2.75) is 57.2 Å². The summed E-state index contributed by atoms with van der Waals surface area (Å²) in [7, 11) is -1.24. The molecule has 2 fully saturated rings. The quantitative estimate of drug-likeness (QED) is 0.791. The molecular formula is C13H26N2O3S. The Morgan fingerprint density at radius 2 is 1.84 bits per heavy atom. The maximum absolute atomic E-state index is 12.0. The van der Waals surface area contributed by atoms with Crippen molar-refractivity contribution in [3.05, 3.63) is 0 Å². The molecular weight excluding hydrogens is 264 g/mol. The lowest BCUT2D eigenvalue weighted by Gasteiger charge is -2.40. The molecule has 0 spiro atoms. The number of piperidine rings is 1. The minimum Gasteiger partial charge on any atom is -0.381 e. The second kappa shape index (κ2) is 6.52. The van der Waals surface area contributed by atoms with Crippen molar-refractivity contribution in [2.75, 3.05) is 26.0 Å². The Hall–Kier alpha value is -0.170. The summed E-state index contributed by atoms with van der Waals surface area (Å²) >= 11 is 0. The Morgan fingerprint density at radius 1 is 1.21 bits per heavy atom. The van der Waals surface area contributed by atoms with E-state index in [1.54, 1.807) is 11.4 Å².